The normalized spacial score (nSPS) is 13.3. The van der Waals surface area contributed by atoms with Crippen molar-refractivity contribution in [3.8, 4) is 11.5 Å². The Hall–Kier alpha value is -4.05. The van der Waals surface area contributed by atoms with E-state index in [1.807, 2.05) is 6.07 Å². The van der Waals surface area contributed by atoms with Crippen molar-refractivity contribution in [2.45, 2.75) is 17.7 Å². The largest absolute Gasteiger partial charge is 0.490 e. The summed E-state index contributed by atoms with van der Waals surface area (Å²) in [6.45, 7) is 1.17. The number of benzene rings is 3. The number of hydrogen-bond donors (Lipinski definition) is 3. The number of ether oxygens (including phenoxy) is 2. The summed E-state index contributed by atoms with van der Waals surface area (Å²) in [5, 5.41) is 10.4. The Balaban J connectivity index is 1.32. The van der Waals surface area contributed by atoms with Gasteiger partial charge in [-0.3, -0.25) is 14.6 Å². The molecule has 0 unspecified atom stereocenters. The lowest BCUT2D eigenvalue weighted by Crippen LogP contribution is -2.15. The number of H-pyrrole nitrogens is 1. The number of sulfonamides is 1. The fourth-order valence-corrected chi connectivity index (χ4v) is 4.74. The number of fused-ring (bicyclic) bond motifs is 2. The number of carbonyl (C=O) groups excluding carboxylic acids is 1. The fraction of sp³-hybridized carbons (Fsp3) is 0.167. The van der Waals surface area contributed by atoms with Gasteiger partial charge in [0.05, 0.1) is 30.0 Å². The molecule has 1 amide bonds. The first kappa shape index (κ1) is 21.8. The van der Waals surface area contributed by atoms with Gasteiger partial charge in [0.15, 0.2) is 17.3 Å². The lowest BCUT2D eigenvalue weighted by Gasteiger charge is -2.10. The lowest BCUT2D eigenvalue weighted by atomic mass is 10.1. The van der Waals surface area contributed by atoms with Gasteiger partial charge >= 0.3 is 0 Å². The number of aromatic nitrogens is 2. The first-order valence-electron chi connectivity index (χ1n) is 10.7. The monoisotopic (exact) mass is 478 g/mol. The van der Waals surface area contributed by atoms with Gasteiger partial charge in [0, 0.05) is 17.5 Å². The molecule has 9 nitrogen and oxygen atoms in total. The van der Waals surface area contributed by atoms with Crippen LogP contribution in [0, 0.1) is 0 Å². The number of amides is 1. The number of carbonyl (C=O) groups is 1. The van der Waals surface area contributed by atoms with Crippen LogP contribution >= 0.6 is 0 Å². The summed E-state index contributed by atoms with van der Waals surface area (Å²) in [5.41, 5.74) is 1.79. The molecule has 34 heavy (non-hydrogen) atoms. The first-order valence-corrected chi connectivity index (χ1v) is 12.2. The Morgan fingerprint density at radius 2 is 1.76 bits per heavy atom. The summed E-state index contributed by atoms with van der Waals surface area (Å²) in [5.74, 6) is 1.35. The molecule has 0 radical (unpaired) electrons. The van der Waals surface area contributed by atoms with Crippen LogP contribution in [0.25, 0.3) is 10.9 Å². The van der Waals surface area contributed by atoms with Gasteiger partial charge in [-0.05, 0) is 48.0 Å². The molecule has 5 rings (SSSR count). The smallest absolute Gasteiger partial charge is 0.261 e. The Morgan fingerprint density at radius 3 is 2.59 bits per heavy atom. The number of nitrogens with one attached hydrogen (secondary N) is 3. The van der Waals surface area contributed by atoms with E-state index in [1.54, 1.807) is 48.5 Å². The summed E-state index contributed by atoms with van der Waals surface area (Å²) >= 11 is 0. The maximum atomic E-state index is 12.7. The summed E-state index contributed by atoms with van der Waals surface area (Å²) in [6, 6.07) is 18.5. The van der Waals surface area contributed by atoms with E-state index in [1.165, 1.54) is 12.1 Å². The molecule has 0 aliphatic carbocycles. The van der Waals surface area contributed by atoms with Gasteiger partial charge in [-0.1, -0.05) is 24.3 Å². The van der Waals surface area contributed by atoms with Crippen molar-refractivity contribution >= 4 is 38.3 Å². The Labute approximate surface area is 196 Å². The van der Waals surface area contributed by atoms with E-state index < -0.39 is 10.0 Å². The van der Waals surface area contributed by atoms with Crippen molar-refractivity contribution in [2.24, 2.45) is 0 Å². The summed E-state index contributed by atoms with van der Waals surface area (Å²) < 4.78 is 39.2. The van der Waals surface area contributed by atoms with E-state index >= 15 is 0 Å². The third-order valence-corrected chi connectivity index (χ3v) is 6.70. The highest BCUT2D eigenvalue weighted by Gasteiger charge is 2.17. The number of anilines is 2. The van der Waals surface area contributed by atoms with E-state index in [9.17, 15) is 13.2 Å². The highest BCUT2D eigenvalue weighted by Crippen LogP contribution is 2.31. The second-order valence-corrected chi connectivity index (χ2v) is 9.49. The van der Waals surface area contributed by atoms with Gasteiger partial charge in [0.25, 0.3) is 10.0 Å². The van der Waals surface area contributed by atoms with Crippen LogP contribution < -0.4 is 19.5 Å². The van der Waals surface area contributed by atoms with Gasteiger partial charge in [-0.15, -0.1) is 0 Å². The Bertz CT molecular complexity index is 1450. The summed E-state index contributed by atoms with van der Waals surface area (Å²) in [7, 11) is -3.74. The molecule has 1 aromatic heterocycles. The van der Waals surface area contributed by atoms with Gasteiger partial charge in [0.2, 0.25) is 5.91 Å². The van der Waals surface area contributed by atoms with Crippen LogP contribution in [-0.2, 0) is 21.2 Å². The third-order valence-electron chi connectivity index (χ3n) is 5.30. The van der Waals surface area contributed by atoms with Crippen molar-refractivity contribution < 1.29 is 22.7 Å². The molecule has 4 aromatic rings. The predicted octanol–water partition coefficient (Wildman–Crippen LogP) is 3.71. The molecule has 0 saturated carbocycles. The zero-order chi connectivity index (χ0) is 23.5. The zero-order valence-corrected chi connectivity index (χ0v) is 18.9. The van der Waals surface area contributed by atoms with E-state index in [4.69, 9.17) is 9.47 Å². The number of hydrogen-bond acceptors (Lipinski definition) is 6. The second kappa shape index (κ2) is 9.06. The number of nitrogens with zero attached hydrogens (tertiary/aromatic N) is 1. The van der Waals surface area contributed by atoms with Crippen LogP contribution in [0.2, 0.25) is 0 Å². The fourth-order valence-electron chi connectivity index (χ4n) is 3.67. The molecule has 0 bridgehead atoms. The van der Waals surface area contributed by atoms with Crippen LogP contribution in [-0.4, -0.2) is 37.7 Å². The molecule has 0 fully saturated rings. The summed E-state index contributed by atoms with van der Waals surface area (Å²) in [6.07, 6.45) is 0.922. The van der Waals surface area contributed by atoms with Crippen molar-refractivity contribution in [3.05, 3.63) is 72.3 Å². The van der Waals surface area contributed by atoms with Crippen molar-refractivity contribution in [3.63, 3.8) is 0 Å². The van der Waals surface area contributed by atoms with Gasteiger partial charge in [-0.25, -0.2) is 8.42 Å². The lowest BCUT2D eigenvalue weighted by molar-refractivity contribution is -0.115. The van der Waals surface area contributed by atoms with Crippen LogP contribution in [0.3, 0.4) is 0 Å². The number of rotatable bonds is 6. The van der Waals surface area contributed by atoms with Crippen molar-refractivity contribution in [2.75, 3.05) is 23.3 Å². The number of aromatic amines is 1. The van der Waals surface area contributed by atoms with Crippen LogP contribution in [0.4, 0.5) is 11.5 Å². The van der Waals surface area contributed by atoms with Gasteiger partial charge in [-0.2, -0.15) is 5.10 Å². The summed E-state index contributed by atoms with van der Waals surface area (Å²) in [4.78, 5) is 12.9. The Kier molecular flexibility index (Phi) is 5.81. The highest BCUT2D eigenvalue weighted by atomic mass is 32.2. The minimum Gasteiger partial charge on any atom is -0.490 e. The molecule has 0 atom stereocenters. The molecule has 174 valence electrons. The molecule has 10 heteroatoms. The average Bonchev–Trinajstić information content (AvgIpc) is 3.06. The zero-order valence-electron chi connectivity index (χ0n) is 18.1. The quantitative estimate of drug-likeness (QED) is 0.388. The molecular formula is C24H22N4O5S. The van der Waals surface area contributed by atoms with Gasteiger partial charge < -0.3 is 14.8 Å². The Morgan fingerprint density at radius 1 is 0.971 bits per heavy atom. The highest BCUT2D eigenvalue weighted by molar-refractivity contribution is 7.92. The molecular weight excluding hydrogens is 456 g/mol. The second-order valence-electron chi connectivity index (χ2n) is 7.81. The molecule has 1 aliphatic heterocycles. The molecule has 3 aromatic carbocycles. The topological polar surface area (TPSA) is 122 Å². The maximum Gasteiger partial charge on any atom is 0.261 e. The van der Waals surface area contributed by atoms with E-state index in [-0.39, 0.29) is 17.2 Å². The van der Waals surface area contributed by atoms with E-state index in [0.29, 0.717) is 47.1 Å². The predicted molar refractivity (Wildman–Crippen MR) is 128 cm³/mol. The van der Waals surface area contributed by atoms with Crippen LogP contribution in [0.5, 0.6) is 11.5 Å². The molecule has 0 saturated heterocycles. The maximum absolute atomic E-state index is 12.7. The van der Waals surface area contributed by atoms with Gasteiger partial charge in [0.1, 0.15) is 0 Å². The molecule has 0 spiro atoms. The minimum absolute atomic E-state index is 0.116. The van der Waals surface area contributed by atoms with Crippen LogP contribution in [0.1, 0.15) is 12.0 Å². The average molecular weight is 479 g/mol. The first-order chi connectivity index (χ1) is 16.5. The van der Waals surface area contributed by atoms with E-state index in [0.717, 1.165) is 12.0 Å². The van der Waals surface area contributed by atoms with E-state index in [2.05, 4.69) is 20.2 Å². The molecule has 1 aliphatic rings. The molecule has 2 heterocycles. The standard InChI is InChI=1S/C24H22N4O5S/c29-23(14-16-7-10-21-22(13-16)33-12-4-11-32-21)25-24-19-15-17(8-9-20(19)26-27-24)28-34(30,31)18-5-2-1-3-6-18/h1-3,5-10,13,15,28H,4,11-12,14H2,(H2,25,26,27,29). The third kappa shape index (κ3) is 4.67. The van der Waals surface area contributed by atoms with Crippen LogP contribution in [0.15, 0.2) is 71.6 Å². The minimum atomic E-state index is -3.74. The SMILES string of the molecule is O=C(Cc1ccc2c(c1)OCCCO2)Nc1n[nH]c2ccc(NS(=O)(=O)c3ccccc3)cc12. The van der Waals surface area contributed by atoms with Crippen molar-refractivity contribution in [1.29, 1.82) is 0 Å². The van der Waals surface area contributed by atoms with Crippen molar-refractivity contribution in [1.82, 2.24) is 10.2 Å². The molecule has 3 N–H and O–H groups in total.